The number of hydrogen-bond acceptors (Lipinski definition) is 5. The Balaban J connectivity index is 1.55. The third kappa shape index (κ3) is 4.12. The van der Waals surface area contributed by atoms with Gasteiger partial charge in [0.25, 0.3) is 5.91 Å². The fourth-order valence-corrected chi connectivity index (χ4v) is 3.54. The van der Waals surface area contributed by atoms with Crippen LogP contribution in [0.1, 0.15) is 47.7 Å². The van der Waals surface area contributed by atoms with Crippen molar-refractivity contribution in [2.75, 3.05) is 18.4 Å². The van der Waals surface area contributed by atoms with Gasteiger partial charge in [-0.1, -0.05) is 13.8 Å². The zero-order valence-electron chi connectivity index (χ0n) is 14.3. The van der Waals surface area contributed by atoms with Crippen molar-refractivity contribution in [1.82, 2.24) is 14.9 Å². The zero-order chi connectivity index (χ0) is 16.9. The van der Waals surface area contributed by atoms with Crippen molar-refractivity contribution < 1.29 is 4.79 Å². The second kappa shape index (κ2) is 7.75. The van der Waals surface area contributed by atoms with Crippen LogP contribution in [-0.4, -0.2) is 33.9 Å². The summed E-state index contributed by atoms with van der Waals surface area (Å²) < 4.78 is 0. The Morgan fingerprint density at radius 3 is 2.79 bits per heavy atom. The second-order valence-electron chi connectivity index (χ2n) is 6.35. The molecule has 0 radical (unpaired) electrons. The van der Waals surface area contributed by atoms with Gasteiger partial charge in [-0.2, -0.15) is 0 Å². The molecule has 0 unspecified atom stereocenters. The number of aromatic nitrogens is 2. The predicted molar refractivity (Wildman–Crippen MR) is 97.4 cm³/mol. The van der Waals surface area contributed by atoms with E-state index in [4.69, 9.17) is 0 Å². The molecule has 0 saturated carbocycles. The summed E-state index contributed by atoms with van der Waals surface area (Å²) in [4.78, 5) is 23.3. The number of anilines is 1. The Hall–Kier alpha value is -1.95. The average molecular weight is 344 g/mol. The smallest absolute Gasteiger partial charge is 0.255 e. The van der Waals surface area contributed by atoms with Crippen LogP contribution in [0.15, 0.2) is 23.7 Å². The van der Waals surface area contributed by atoms with Crippen LogP contribution in [0, 0.1) is 5.92 Å². The van der Waals surface area contributed by atoms with Crippen LogP contribution in [0.3, 0.4) is 0 Å². The van der Waals surface area contributed by atoms with Crippen molar-refractivity contribution >= 4 is 23.1 Å². The average Bonchev–Trinajstić information content (AvgIpc) is 3.09. The van der Waals surface area contributed by atoms with Gasteiger partial charge in [-0.3, -0.25) is 4.79 Å². The summed E-state index contributed by atoms with van der Waals surface area (Å²) >= 11 is 1.69. The minimum Gasteiger partial charge on any atom is -0.364 e. The van der Waals surface area contributed by atoms with Gasteiger partial charge in [0.05, 0.1) is 22.8 Å². The van der Waals surface area contributed by atoms with Gasteiger partial charge in [0.1, 0.15) is 5.82 Å². The molecule has 0 spiro atoms. The molecule has 3 heterocycles. The third-order valence-electron chi connectivity index (χ3n) is 4.43. The van der Waals surface area contributed by atoms with Gasteiger partial charge in [0, 0.05) is 24.7 Å². The molecule has 1 aliphatic rings. The molecule has 0 aliphatic carbocycles. The molecule has 0 aromatic carbocycles. The topological polar surface area (TPSA) is 58.1 Å². The van der Waals surface area contributed by atoms with E-state index < -0.39 is 0 Å². The van der Waals surface area contributed by atoms with Crippen molar-refractivity contribution in [3.63, 3.8) is 0 Å². The number of carbonyl (C=O) groups excluding carboxylic acids is 1. The Kier molecular flexibility index (Phi) is 5.45. The van der Waals surface area contributed by atoms with E-state index in [1.54, 1.807) is 17.5 Å². The number of nitrogens with one attached hydrogen (secondary N) is 1. The minimum atomic E-state index is 0.0908. The van der Waals surface area contributed by atoms with Crippen molar-refractivity contribution in [3.8, 4) is 0 Å². The lowest BCUT2D eigenvalue weighted by molar-refractivity contribution is 0.0697. The van der Waals surface area contributed by atoms with E-state index in [-0.39, 0.29) is 5.91 Å². The maximum absolute atomic E-state index is 12.5. The Morgan fingerprint density at radius 2 is 2.17 bits per heavy atom. The molecule has 128 valence electrons. The molecule has 0 bridgehead atoms. The highest BCUT2D eigenvalue weighted by molar-refractivity contribution is 7.09. The summed E-state index contributed by atoms with van der Waals surface area (Å²) in [6.07, 6.45) is 4.81. The second-order valence-corrected chi connectivity index (χ2v) is 7.29. The van der Waals surface area contributed by atoms with Gasteiger partial charge < -0.3 is 10.2 Å². The van der Waals surface area contributed by atoms with Crippen LogP contribution in [0.4, 0.5) is 5.82 Å². The number of piperidine rings is 1. The standard InChI is InChI=1S/C18H24N4OS/c1-3-17-21-15(12-24-17)11-20-16-5-4-14(10-19-16)18(23)22-8-6-13(2)7-9-22/h4-5,10,12-13H,3,6-9,11H2,1-2H3,(H,19,20). The van der Waals surface area contributed by atoms with E-state index in [9.17, 15) is 4.79 Å². The van der Waals surface area contributed by atoms with E-state index >= 15 is 0 Å². The number of nitrogens with zero attached hydrogens (tertiary/aromatic N) is 3. The molecular weight excluding hydrogens is 320 g/mol. The summed E-state index contributed by atoms with van der Waals surface area (Å²) in [6, 6.07) is 3.72. The van der Waals surface area contributed by atoms with Gasteiger partial charge in [-0.25, -0.2) is 9.97 Å². The van der Waals surface area contributed by atoms with Crippen LogP contribution in [0.25, 0.3) is 0 Å². The number of aryl methyl sites for hydroxylation is 1. The van der Waals surface area contributed by atoms with Crippen molar-refractivity contribution in [2.45, 2.75) is 39.7 Å². The van der Waals surface area contributed by atoms with E-state index in [2.05, 4.69) is 34.5 Å². The highest BCUT2D eigenvalue weighted by Crippen LogP contribution is 2.18. The molecule has 3 rings (SSSR count). The number of hydrogen-bond donors (Lipinski definition) is 1. The Labute approximate surface area is 147 Å². The Morgan fingerprint density at radius 1 is 1.38 bits per heavy atom. The molecule has 5 nitrogen and oxygen atoms in total. The maximum Gasteiger partial charge on any atom is 0.255 e. The molecular formula is C18H24N4OS. The van der Waals surface area contributed by atoms with Crippen molar-refractivity contribution in [3.05, 3.63) is 40.0 Å². The highest BCUT2D eigenvalue weighted by atomic mass is 32.1. The van der Waals surface area contributed by atoms with E-state index in [1.165, 1.54) is 0 Å². The minimum absolute atomic E-state index is 0.0908. The van der Waals surface area contributed by atoms with Gasteiger partial charge in [-0.15, -0.1) is 11.3 Å². The molecule has 0 atom stereocenters. The van der Waals surface area contributed by atoms with Crippen LogP contribution >= 0.6 is 11.3 Å². The number of amides is 1. The normalized spacial score (nSPS) is 15.5. The summed E-state index contributed by atoms with van der Waals surface area (Å²) in [5.74, 6) is 1.58. The maximum atomic E-state index is 12.5. The van der Waals surface area contributed by atoms with Gasteiger partial charge in [0.15, 0.2) is 0 Å². The molecule has 1 saturated heterocycles. The van der Waals surface area contributed by atoms with Gasteiger partial charge >= 0.3 is 0 Å². The van der Waals surface area contributed by atoms with Crippen LogP contribution in [0.2, 0.25) is 0 Å². The molecule has 1 fully saturated rings. The molecule has 1 amide bonds. The molecule has 2 aromatic heterocycles. The first-order valence-corrected chi connectivity index (χ1v) is 9.46. The SMILES string of the molecule is CCc1nc(CNc2ccc(C(=O)N3CCC(C)CC3)cn2)cs1. The number of pyridine rings is 1. The summed E-state index contributed by atoms with van der Waals surface area (Å²) in [6.45, 7) is 6.71. The van der Waals surface area contributed by atoms with E-state index in [1.807, 2.05) is 17.0 Å². The molecule has 6 heteroatoms. The number of thiazole rings is 1. The predicted octanol–water partition coefficient (Wildman–Crippen LogP) is 3.58. The Bertz CT molecular complexity index is 675. The number of likely N-dealkylation sites (tertiary alicyclic amines) is 1. The molecule has 1 N–H and O–H groups in total. The van der Waals surface area contributed by atoms with Crippen LogP contribution in [-0.2, 0) is 13.0 Å². The lowest BCUT2D eigenvalue weighted by atomic mass is 9.99. The lowest BCUT2D eigenvalue weighted by Gasteiger charge is -2.30. The fourth-order valence-electron chi connectivity index (χ4n) is 2.79. The van der Waals surface area contributed by atoms with Crippen molar-refractivity contribution in [1.29, 1.82) is 0 Å². The molecule has 1 aliphatic heterocycles. The van der Waals surface area contributed by atoms with Gasteiger partial charge in [-0.05, 0) is 37.3 Å². The summed E-state index contributed by atoms with van der Waals surface area (Å²) in [7, 11) is 0. The first kappa shape index (κ1) is 16.9. The van der Waals surface area contributed by atoms with E-state index in [0.717, 1.165) is 54.8 Å². The van der Waals surface area contributed by atoms with Crippen LogP contribution in [0.5, 0.6) is 0 Å². The largest absolute Gasteiger partial charge is 0.364 e. The lowest BCUT2D eigenvalue weighted by Crippen LogP contribution is -2.37. The van der Waals surface area contributed by atoms with Gasteiger partial charge in [0.2, 0.25) is 0 Å². The quantitative estimate of drug-likeness (QED) is 0.900. The number of rotatable bonds is 5. The summed E-state index contributed by atoms with van der Waals surface area (Å²) in [5, 5.41) is 6.48. The first-order valence-electron chi connectivity index (χ1n) is 8.58. The van der Waals surface area contributed by atoms with Crippen molar-refractivity contribution in [2.24, 2.45) is 5.92 Å². The monoisotopic (exact) mass is 344 g/mol. The number of carbonyl (C=O) groups is 1. The highest BCUT2D eigenvalue weighted by Gasteiger charge is 2.21. The van der Waals surface area contributed by atoms with Crippen LogP contribution < -0.4 is 5.32 Å². The fraction of sp³-hybridized carbons (Fsp3) is 0.500. The first-order chi connectivity index (χ1) is 11.7. The molecule has 24 heavy (non-hydrogen) atoms. The third-order valence-corrected chi connectivity index (χ3v) is 5.48. The van der Waals surface area contributed by atoms with E-state index in [0.29, 0.717) is 12.1 Å². The molecule has 2 aromatic rings. The summed E-state index contributed by atoms with van der Waals surface area (Å²) in [5.41, 5.74) is 1.69. The zero-order valence-corrected chi connectivity index (χ0v) is 15.1.